The molecule has 0 aliphatic carbocycles. The third kappa shape index (κ3) is 3.78. The molecule has 2 atom stereocenters. The number of benzene rings is 1. The van der Waals surface area contributed by atoms with E-state index in [0.717, 1.165) is 5.56 Å². The molecular weight excluding hydrogens is 268 g/mol. The molecule has 5 heteroatoms. The monoisotopic (exact) mass is 286 g/mol. The van der Waals surface area contributed by atoms with E-state index in [1.165, 1.54) is 0 Å². The van der Waals surface area contributed by atoms with Crippen LogP contribution in [0.15, 0.2) is 41.4 Å². The van der Waals surface area contributed by atoms with E-state index in [-0.39, 0.29) is 5.97 Å². The molecule has 0 unspecified atom stereocenters. The lowest BCUT2D eigenvalue weighted by molar-refractivity contribution is -0.146. The van der Waals surface area contributed by atoms with E-state index in [0.29, 0.717) is 12.3 Å². The number of nitrogens with one attached hydrogen (secondary N) is 1. The largest absolute Gasteiger partial charge is 0.465 e. The van der Waals surface area contributed by atoms with E-state index in [1.807, 2.05) is 36.4 Å². The molecule has 1 heterocycles. The van der Waals surface area contributed by atoms with Crippen LogP contribution in [-0.2, 0) is 9.53 Å². The molecule has 2 rings (SSSR count). The number of carbonyl (C=O) groups excluding carboxylic acids is 2. The number of urea groups is 1. The minimum atomic E-state index is -0.581. The van der Waals surface area contributed by atoms with Crippen LogP contribution >= 0.6 is 0 Å². The lowest BCUT2D eigenvalue weighted by atomic mass is 9.93. The van der Waals surface area contributed by atoms with E-state index < -0.39 is 18.0 Å². The standard InChI is InChI=1S/C16H18N2O3/c1-3-21-15(19)14-11(2)17-16(20)18-13(14)10-9-12-7-5-4-6-8-12/h4-10,13-14H,3H2,1-2H3,(H,18,20)/b10-9+/t13-,14-/m0/s1. The van der Waals surface area contributed by atoms with Gasteiger partial charge in [0.25, 0.3) is 0 Å². The molecule has 5 nitrogen and oxygen atoms in total. The lowest BCUT2D eigenvalue weighted by Gasteiger charge is -2.27. The molecule has 0 radical (unpaired) electrons. The molecule has 1 aromatic rings. The predicted octanol–water partition coefficient (Wildman–Crippen LogP) is 2.43. The van der Waals surface area contributed by atoms with Crippen molar-refractivity contribution in [3.63, 3.8) is 0 Å². The number of carbonyl (C=O) groups is 2. The molecule has 0 saturated carbocycles. The highest BCUT2D eigenvalue weighted by Gasteiger charge is 2.35. The lowest BCUT2D eigenvalue weighted by Crippen LogP contribution is -2.49. The summed E-state index contributed by atoms with van der Waals surface area (Å²) in [5.74, 6) is -0.955. The number of rotatable bonds is 4. The van der Waals surface area contributed by atoms with Crippen LogP contribution in [0.1, 0.15) is 19.4 Å². The number of hydrogen-bond donors (Lipinski definition) is 1. The number of ether oxygens (including phenoxy) is 1. The van der Waals surface area contributed by atoms with Crippen LogP contribution in [-0.4, -0.2) is 30.4 Å². The van der Waals surface area contributed by atoms with Gasteiger partial charge >= 0.3 is 12.0 Å². The molecule has 0 fully saturated rings. The Labute approximate surface area is 123 Å². The van der Waals surface area contributed by atoms with Crippen molar-refractivity contribution in [2.75, 3.05) is 6.61 Å². The number of esters is 1. The maximum absolute atomic E-state index is 12.0. The van der Waals surface area contributed by atoms with Gasteiger partial charge in [0.05, 0.1) is 12.6 Å². The van der Waals surface area contributed by atoms with E-state index >= 15 is 0 Å². The predicted molar refractivity (Wildman–Crippen MR) is 81.0 cm³/mol. The Balaban J connectivity index is 2.22. The first-order valence-electron chi connectivity index (χ1n) is 6.87. The van der Waals surface area contributed by atoms with Crippen LogP contribution < -0.4 is 5.32 Å². The topological polar surface area (TPSA) is 67.8 Å². The summed E-state index contributed by atoms with van der Waals surface area (Å²) in [6.07, 6.45) is 3.67. The smallest absolute Gasteiger partial charge is 0.341 e. The molecule has 0 saturated heterocycles. The summed E-state index contributed by atoms with van der Waals surface area (Å²) >= 11 is 0. The quantitative estimate of drug-likeness (QED) is 0.864. The first-order valence-corrected chi connectivity index (χ1v) is 6.87. The average molecular weight is 286 g/mol. The molecule has 1 aliphatic heterocycles. The highest BCUT2D eigenvalue weighted by molar-refractivity contribution is 6.08. The van der Waals surface area contributed by atoms with Crippen molar-refractivity contribution in [1.29, 1.82) is 0 Å². The fourth-order valence-corrected chi connectivity index (χ4v) is 2.24. The normalized spacial score (nSPS) is 21.8. The third-order valence-electron chi connectivity index (χ3n) is 3.21. The van der Waals surface area contributed by atoms with Gasteiger partial charge in [-0.3, -0.25) is 4.79 Å². The summed E-state index contributed by atoms with van der Waals surface area (Å²) in [6, 6.07) is 8.79. The zero-order valence-corrected chi connectivity index (χ0v) is 12.1. The number of aliphatic imine (C=N–C) groups is 1. The second kappa shape index (κ2) is 6.83. The molecule has 110 valence electrons. The van der Waals surface area contributed by atoms with Crippen LogP contribution in [0.25, 0.3) is 6.08 Å². The van der Waals surface area contributed by atoms with Crippen molar-refractivity contribution >= 4 is 23.8 Å². The van der Waals surface area contributed by atoms with Crippen LogP contribution in [0.5, 0.6) is 0 Å². The average Bonchev–Trinajstić information content (AvgIpc) is 2.45. The maximum atomic E-state index is 12.0. The Morgan fingerprint density at radius 2 is 2.10 bits per heavy atom. The molecule has 1 aromatic carbocycles. The van der Waals surface area contributed by atoms with Crippen LogP contribution in [0.4, 0.5) is 4.79 Å². The van der Waals surface area contributed by atoms with E-state index in [2.05, 4.69) is 10.3 Å². The van der Waals surface area contributed by atoms with Crippen molar-refractivity contribution in [1.82, 2.24) is 5.32 Å². The Kier molecular flexibility index (Phi) is 4.87. The van der Waals surface area contributed by atoms with Crippen LogP contribution in [0.3, 0.4) is 0 Å². The minimum Gasteiger partial charge on any atom is -0.465 e. The molecule has 0 bridgehead atoms. The van der Waals surface area contributed by atoms with Crippen molar-refractivity contribution in [2.45, 2.75) is 19.9 Å². The zero-order valence-electron chi connectivity index (χ0n) is 12.1. The van der Waals surface area contributed by atoms with Crippen molar-refractivity contribution in [3.05, 3.63) is 42.0 Å². The van der Waals surface area contributed by atoms with E-state index in [4.69, 9.17) is 4.74 Å². The highest BCUT2D eigenvalue weighted by Crippen LogP contribution is 2.17. The van der Waals surface area contributed by atoms with Crippen LogP contribution in [0, 0.1) is 5.92 Å². The first-order chi connectivity index (χ1) is 10.1. The Morgan fingerprint density at radius 3 is 2.76 bits per heavy atom. The second-order valence-corrected chi connectivity index (χ2v) is 4.73. The van der Waals surface area contributed by atoms with Gasteiger partial charge in [-0.1, -0.05) is 42.5 Å². The summed E-state index contributed by atoms with van der Waals surface area (Å²) in [5, 5.41) is 2.69. The molecule has 1 N–H and O–H groups in total. The fourth-order valence-electron chi connectivity index (χ4n) is 2.24. The summed E-state index contributed by atoms with van der Waals surface area (Å²) in [7, 11) is 0. The fraction of sp³-hybridized carbons (Fsp3) is 0.312. The van der Waals surface area contributed by atoms with Crippen molar-refractivity contribution in [3.8, 4) is 0 Å². The van der Waals surface area contributed by atoms with Gasteiger partial charge in [0.2, 0.25) is 0 Å². The Hall–Kier alpha value is -2.43. The third-order valence-corrected chi connectivity index (χ3v) is 3.21. The van der Waals surface area contributed by atoms with Gasteiger partial charge in [-0.25, -0.2) is 9.79 Å². The highest BCUT2D eigenvalue weighted by atomic mass is 16.5. The molecular formula is C16H18N2O3. The summed E-state index contributed by atoms with van der Waals surface area (Å²) in [6.45, 7) is 3.72. The van der Waals surface area contributed by atoms with Crippen molar-refractivity contribution in [2.24, 2.45) is 10.9 Å². The minimum absolute atomic E-state index is 0.297. The van der Waals surface area contributed by atoms with Gasteiger partial charge in [-0.05, 0) is 19.4 Å². The van der Waals surface area contributed by atoms with E-state index in [1.54, 1.807) is 19.9 Å². The summed E-state index contributed by atoms with van der Waals surface area (Å²) in [5.41, 5.74) is 1.47. The number of amides is 2. The Bertz CT molecular complexity index is 578. The Morgan fingerprint density at radius 1 is 1.38 bits per heavy atom. The van der Waals surface area contributed by atoms with Crippen molar-refractivity contribution < 1.29 is 14.3 Å². The molecule has 2 amide bonds. The summed E-state index contributed by atoms with van der Waals surface area (Å²) < 4.78 is 5.06. The van der Waals surface area contributed by atoms with Gasteiger partial charge in [0, 0.05) is 5.71 Å². The molecule has 1 aliphatic rings. The second-order valence-electron chi connectivity index (χ2n) is 4.73. The van der Waals surface area contributed by atoms with E-state index in [9.17, 15) is 9.59 Å². The molecule has 0 spiro atoms. The zero-order chi connectivity index (χ0) is 15.2. The molecule has 21 heavy (non-hydrogen) atoms. The van der Waals surface area contributed by atoms with Gasteiger partial charge in [-0.15, -0.1) is 0 Å². The SMILES string of the molecule is CCOC(=O)[C@H]1C(C)=NC(=O)N[C@H]1/C=C/c1ccccc1. The molecule has 0 aromatic heterocycles. The van der Waals surface area contributed by atoms with Gasteiger partial charge in [-0.2, -0.15) is 0 Å². The van der Waals surface area contributed by atoms with Gasteiger partial charge < -0.3 is 10.1 Å². The summed E-state index contributed by atoms with van der Waals surface area (Å²) in [4.78, 5) is 27.4. The van der Waals surface area contributed by atoms with Gasteiger partial charge in [0.15, 0.2) is 0 Å². The van der Waals surface area contributed by atoms with Crippen LogP contribution in [0.2, 0.25) is 0 Å². The first kappa shape index (κ1) is 15.0. The maximum Gasteiger partial charge on any atom is 0.341 e. The number of nitrogens with zero attached hydrogens (tertiary/aromatic N) is 1. The number of hydrogen-bond acceptors (Lipinski definition) is 3. The van der Waals surface area contributed by atoms with Gasteiger partial charge in [0.1, 0.15) is 5.92 Å².